The molecular weight excluding hydrogens is 214 g/mol. The van der Waals surface area contributed by atoms with E-state index in [1.54, 1.807) is 0 Å². The highest BCUT2D eigenvalue weighted by Gasteiger charge is 2.15. The Labute approximate surface area is 103 Å². The van der Waals surface area contributed by atoms with Crippen molar-refractivity contribution in [3.8, 4) is 0 Å². The van der Waals surface area contributed by atoms with Gasteiger partial charge < -0.3 is 10.9 Å². The van der Waals surface area contributed by atoms with Crippen molar-refractivity contribution in [3.63, 3.8) is 0 Å². The van der Waals surface area contributed by atoms with E-state index in [9.17, 15) is 0 Å². The highest BCUT2D eigenvalue weighted by molar-refractivity contribution is 5.84. The summed E-state index contributed by atoms with van der Waals surface area (Å²) in [6.07, 6.45) is 0. The van der Waals surface area contributed by atoms with E-state index in [1.807, 2.05) is 14.0 Å². The van der Waals surface area contributed by atoms with Gasteiger partial charge in [-0.05, 0) is 44.5 Å². The molecule has 0 saturated carbocycles. The van der Waals surface area contributed by atoms with Crippen LogP contribution in [0.2, 0.25) is 0 Å². The van der Waals surface area contributed by atoms with Crippen molar-refractivity contribution < 1.29 is 5.21 Å². The summed E-state index contributed by atoms with van der Waals surface area (Å²) in [7, 11) is 1.97. The van der Waals surface area contributed by atoms with Crippen molar-refractivity contribution >= 4 is 5.84 Å². The molecule has 0 bridgehead atoms. The molecule has 4 heteroatoms. The zero-order valence-electron chi connectivity index (χ0n) is 10.9. The summed E-state index contributed by atoms with van der Waals surface area (Å²) in [5.74, 6) is 0.235. The van der Waals surface area contributed by atoms with Crippen molar-refractivity contribution in [2.45, 2.75) is 33.4 Å². The molecule has 3 N–H and O–H groups in total. The molecule has 0 aromatic heterocycles. The molecule has 1 unspecified atom stereocenters. The molecule has 0 fully saturated rings. The van der Waals surface area contributed by atoms with Gasteiger partial charge in [-0.3, -0.25) is 4.90 Å². The van der Waals surface area contributed by atoms with Gasteiger partial charge in [0.2, 0.25) is 0 Å². The van der Waals surface area contributed by atoms with E-state index in [1.165, 1.54) is 16.7 Å². The van der Waals surface area contributed by atoms with E-state index >= 15 is 0 Å². The Hall–Kier alpha value is -1.55. The second-order valence-electron chi connectivity index (χ2n) is 4.49. The molecule has 1 rings (SSSR count). The Balaban J connectivity index is 2.85. The zero-order valence-corrected chi connectivity index (χ0v) is 10.9. The molecule has 4 nitrogen and oxygen atoms in total. The van der Waals surface area contributed by atoms with E-state index in [0.717, 1.165) is 6.54 Å². The SMILES string of the molecule is Cc1cccc(C)c1CN(C)C(C)/C(N)=N/O. The molecule has 0 aliphatic carbocycles. The maximum atomic E-state index is 8.67. The number of benzene rings is 1. The van der Waals surface area contributed by atoms with Crippen molar-refractivity contribution in [3.05, 3.63) is 34.9 Å². The zero-order chi connectivity index (χ0) is 13.0. The van der Waals surface area contributed by atoms with E-state index in [2.05, 4.69) is 42.1 Å². The minimum absolute atomic E-state index is 0.0843. The third-order valence-electron chi connectivity index (χ3n) is 3.26. The van der Waals surface area contributed by atoms with E-state index in [4.69, 9.17) is 10.9 Å². The Morgan fingerprint density at radius 1 is 1.41 bits per heavy atom. The summed E-state index contributed by atoms with van der Waals surface area (Å²) in [5, 5.41) is 11.7. The lowest BCUT2D eigenvalue weighted by Crippen LogP contribution is -2.40. The molecule has 1 aromatic carbocycles. The van der Waals surface area contributed by atoms with Crippen LogP contribution in [0, 0.1) is 13.8 Å². The maximum Gasteiger partial charge on any atom is 0.156 e. The summed E-state index contributed by atoms with van der Waals surface area (Å²) in [6.45, 7) is 6.91. The summed E-state index contributed by atoms with van der Waals surface area (Å²) in [5.41, 5.74) is 9.44. The van der Waals surface area contributed by atoms with Crippen LogP contribution >= 0.6 is 0 Å². The normalized spacial score (nSPS) is 14.1. The average Bonchev–Trinajstić information content (AvgIpc) is 2.31. The molecule has 0 saturated heterocycles. The number of aryl methyl sites for hydroxylation is 2. The van der Waals surface area contributed by atoms with Gasteiger partial charge in [0.05, 0.1) is 6.04 Å². The number of rotatable bonds is 4. The fourth-order valence-electron chi connectivity index (χ4n) is 1.79. The third-order valence-corrected chi connectivity index (χ3v) is 3.26. The average molecular weight is 235 g/mol. The monoisotopic (exact) mass is 235 g/mol. The molecule has 0 aliphatic rings. The van der Waals surface area contributed by atoms with Crippen LogP contribution in [-0.4, -0.2) is 29.0 Å². The van der Waals surface area contributed by atoms with Gasteiger partial charge in [-0.25, -0.2) is 0 Å². The smallest absolute Gasteiger partial charge is 0.156 e. The summed E-state index contributed by atoms with van der Waals surface area (Å²) >= 11 is 0. The molecule has 17 heavy (non-hydrogen) atoms. The predicted molar refractivity (Wildman–Crippen MR) is 70.3 cm³/mol. The van der Waals surface area contributed by atoms with Crippen LogP contribution in [-0.2, 0) is 6.54 Å². The second kappa shape index (κ2) is 5.68. The van der Waals surface area contributed by atoms with Gasteiger partial charge in [-0.2, -0.15) is 0 Å². The van der Waals surface area contributed by atoms with Crippen molar-refractivity contribution in [2.75, 3.05) is 7.05 Å². The van der Waals surface area contributed by atoms with Gasteiger partial charge in [0.1, 0.15) is 0 Å². The largest absolute Gasteiger partial charge is 0.409 e. The number of hydrogen-bond acceptors (Lipinski definition) is 3. The van der Waals surface area contributed by atoms with Crippen LogP contribution in [0.3, 0.4) is 0 Å². The van der Waals surface area contributed by atoms with Crippen LogP contribution in [0.4, 0.5) is 0 Å². The van der Waals surface area contributed by atoms with Gasteiger partial charge >= 0.3 is 0 Å². The predicted octanol–water partition coefficient (Wildman–Crippen LogP) is 1.87. The molecule has 1 atom stereocenters. The lowest BCUT2D eigenvalue weighted by atomic mass is 10.0. The third kappa shape index (κ3) is 3.20. The topological polar surface area (TPSA) is 61.8 Å². The van der Waals surface area contributed by atoms with Crippen molar-refractivity contribution in [1.29, 1.82) is 0 Å². The number of amidine groups is 1. The lowest BCUT2D eigenvalue weighted by molar-refractivity contribution is 0.278. The first kappa shape index (κ1) is 13.5. The minimum Gasteiger partial charge on any atom is -0.409 e. The molecule has 0 spiro atoms. The first-order valence-corrected chi connectivity index (χ1v) is 5.70. The Morgan fingerprint density at radius 2 is 1.94 bits per heavy atom. The van der Waals surface area contributed by atoms with E-state index in [0.29, 0.717) is 0 Å². The lowest BCUT2D eigenvalue weighted by Gasteiger charge is -2.25. The standard InChI is InChI=1S/C13H21N3O/c1-9-6-5-7-10(2)12(9)8-16(4)11(3)13(14)15-17/h5-7,11,17H,8H2,1-4H3,(H2,14,15). The van der Waals surface area contributed by atoms with Crippen LogP contribution in [0.1, 0.15) is 23.6 Å². The minimum atomic E-state index is -0.0843. The van der Waals surface area contributed by atoms with Gasteiger partial charge in [0.25, 0.3) is 0 Å². The fraction of sp³-hybridized carbons (Fsp3) is 0.462. The van der Waals surface area contributed by atoms with E-state index in [-0.39, 0.29) is 11.9 Å². The molecule has 0 aliphatic heterocycles. The first-order chi connectivity index (χ1) is 7.97. The highest BCUT2D eigenvalue weighted by atomic mass is 16.4. The summed E-state index contributed by atoms with van der Waals surface area (Å²) in [4.78, 5) is 2.06. The number of likely N-dealkylation sites (N-methyl/N-ethyl adjacent to an activating group) is 1. The quantitative estimate of drug-likeness (QED) is 0.362. The Morgan fingerprint density at radius 3 is 2.41 bits per heavy atom. The van der Waals surface area contributed by atoms with Gasteiger partial charge in [-0.1, -0.05) is 23.4 Å². The number of hydrogen-bond donors (Lipinski definition) is 2. The van der Waals surface area contributed by atoms with Crippen molar-refractivity contribution in [1.82, 2.24) is 4.90 Å². The van der Waals surface area contributed by atoms with Crippen LogP contribution in [0.5, 0.6) is 0 Å². The molecule has 0 radical (unpaired) electrons. The maximum absolute atomic E-state index is 8.67. The molecule has 94 valence electrons. The molecular formula is C13H21N3O. The molecule has 0 amide bonds. The van der Waals surface area contributed by atoms with Crippen LogP contribution in [0.15, 0.2) is 23.4 Å². The molecule has 0 heterocycles. The van der Waals surface area contributed by atoms with Crippen molar-refractivity contribution in [2.24, 2.45) is 10.9 Å². The number of nitrogens with zero attached hydrogens (tertiary/aromatic N) is 2. The van der Waals surface area contributed by atoms with Crippen LogP contribution in [0.25, 0.3) is 0 Å². The second-order valence-corrected chi connectivity index (χ2v) is 4.49. The van der Waals surface area contributed by atoms with Gasteiger partial charge in [0.15, 0.2) is 5.84 Å². The van der Waals surface area contributed by atoms with E-state index < -0.39 is 0 Å². The van der Waals surface area contributed by atoms with Gasteiger partial charge in [0, 0.05) is 6.54 Å². The first-order valence-electron chi connectivity index (χ1n) is 5.70. The van der Waals surface area contributed by atoms with Crippen LogP contribution < -0.4 is 5.73 Å². The Kier molecular flexibility index (Phi) is 4.52. The highest BCUT2D eigenvalue weighted by Crippen LogP contribution is 2.16. The van der Waals surface area contributed by atoms with Gasteiger partial charge in [-0.15, -0.1) is 0 Å². The fourth-order valence-corrected chi connectivity index (χ4v) is 1.79. The summed E-state index contributed by atoms with van der Waals surface area (Å²) in [6, 6.07) is 6.18. The summed E-state index contributed by atoms with van der Waals surface area (Å²) < 4.78 is 0. The Bertz CT molecular complexity index is 395. The molecule has 1 aromatic rings. The number of nitrogens with two attached hydrogens (primary N) is 1. The number of oxime groups is 1.